The summed E-state index contributed by atoms with van der Waals surface area (Å²) in [6.07, 6.45) is 3.97. The summed E-state index contributed by atoms with van der Waals surface area (Å²) in [4.78, 5) is 13.8. The highest BCUT2D eigenvalue weighted by Crippen LogP contribution is 2.16. The lowest BCUT2D eigenvalue weighted by atomic mass is 10.2. The highest BCUT2D eigenvalue weighted by Gasteiger charge is 2.18. The topological polar surface area (TPSA) is 45.5 Å². The summed E-state index contributed by atoms with van der Waals surface area (Å²) in [7, 11) is 0. The zero-order valence-electron chi connectivity index (χ0n) is 11.9. The summed E-state index contributed by atoms with van der Waals surface area (Å²) < 4.78 is 5.77. The van der Waals surface area contributed by atoms with Crippen molar-refractivity contribution < 1.29 is 9.21 Å². The Labute approximate surface area is 115 Å². The van der Waals surface area contributed by atoms with Crippen molar-refractivity contribution in [3.8, 4) is 0 Å². The van der Waals surface area contributed by atoms with Gasteiger partial charge in [-0.05, 0) is 25.0 Å². The van der Waals surface area contributed by atoms with E-state index in [9.17, 15) is 4.79 Å². The maximum atomic E-state index is 11.9. The van der Waals surface area contributed by atoms with Crippen LogP contribution < -0.4 is 5.32 Å². The van der Waals surface area contributed by atoms with Gasteiger partial charge in [-0.25, -0.2) is 0 Å². The van der Waals surface area contributed by atoms with Crippen LogP contribution in [0.15, 0.2) is 16.5 Å². The quantitative estimate of drug-likeness (QED) is 0.889. The van der Waals surface area contributed by atoms with Crippen molar-refractivity contribution in [3.63, 3.8) is 0 Å². The Morgan fingerprint density at radius 2 is 2.05 bits per heavy atom. The number of nitrogens with one attached hydrogen (secondary N) is 1. The molecule has 4 nitrogen and oxygen atoms in total. The number of likely N-dealkylation sites (tertiary alicyclic amines) is 1. The van der Waals surface area contributed by atoms with E-state index >= 15 is 0 Å². The van der Waals surface area contributed by atoms with Gasteiger partial charge in [0.2, 0.25) is 5.91 Å². The Bertz CT molecular complexity index is 412. The molecular formula is C15H24N2O2. The van der Waals surface area contributed by atoms with E-state index in [-0.39, 0.29) is 5.91 Å². The number of carbonyl (C=O) groups is 1. The number of furan rings is 1. The number of amides is 1. The van der Waals surface area contributed by atoms with Crippen LogP contribution in [0.4, 0.5) is 0 Å². The SMILES string of the molecule is CC(C)NCc1ccc(CN2CCCCCC2=O)o1. The summed E-state index contributed by atoms with van der Waals surface area (Å²) in [6, 6.07) is 4.42. The first-order valence-electron chi connectivity index (χ1n) is 7.24. The van der Waals surface area contributed by atoms with E-state index in [1.54, 1.807) is 0 Å². The van der Waals surface area contributed by atoms with Gasteiger partial charge in [0.1, 0.15) is 11.5 Å². The first-order valence-corrected chi connectivity index (χ1v) is 7.24. The second-order valence-corrected chi connectivity index (χ2v) is 5.53. The average Bonchev–Trinajstić information content (AvgIpc) is 2.72. The normalized spacial score (nSPS) is 17.0. The molecule has 0 saturated carbocycles. The van der Waals surface area contributed by atoms with E-state index in [0.29, 0.717) is 19.0 Å². The lowest BCUT2D eigenvalue weighted by Crippen LogP contribution is -2.29. The van der Waals surface area contributed by atoms with Crippen molar-refractivity contribution in [2.45, 2.75) is 58.7 Å². The summed E-state index contributed by atoms with van der Waals surface area (Å²) in [5, 5.41) is 3.32. The molecular weight excluding hydrogens is 240 g/mol. The molecule has 1 fully saturated rings. The lowest BCUT2D eigenvalue weighted by Gasteiger charge is -2.18. The maximum absolute atomic E-state index is 11.9. The number of nitrogens with zero attached hydrogens (tertiary/aromatic N) is 1. The molecule has 0 aliphatic carbocycles. The van der Waals surface area contributed by atoms with E-state index in [2.05, 4.69) is 19.2 Å². The first kappa shape index (κ1) is 14.1. The Balaban J connectivity index is 1.89. The van der Waals surface area contributed by atoms with Crippen LogP contribution in [-0.2, 0) is 17.9 Å². The van der Waals surface area contributed by atoms with Crippen molar-refractivity contribution in [3.05, 3.63) is 23.7 Å². The van der Waals surface area contributed by atoms with Crippen molar-refractivity contribution in [2.24, 2.45) is 0 Å². The van der Waals surface area contributed by atoms with Crippen molar-refractivity contribution in [2.75, 3.05) is 6.54 Å². The van der Waals surface area contributed by atoms with Gasteiger partial charge in [-0.2, -0.15) is 0 Å². The molecule has 19 heavy (non-hydrogen) atoms. The van der Waals surface area contributed by atoms with Crippen LogP contribution in [0, 0.1) is 0 Å². The van der Waals surface area contributed by atoms with E-state index < -0.39 is 0 Å². The van der Waals surface area contributed by atoms with E-state index in [1.165, 1.54) is 0 Å². The zero-order chi connectivity index (χ0) is 13.7. The van der Waals surface area contributed by atoms with Gasteiger partial charge in [-0.3, -0.25) is 4.79 Å². The molecule has 4 heteroatoms. The van der Waals surface area contributed by atoms with Gasteiger partial charge in [0.05, 0.1) is 13.1 Å². The van der Waals surface area contributed by atoms with Crippen LogP contribution in [0.5, 0.6) is 0 Å². The third-order valence-corrected chi connectivity index (χ3v) is 3.42. The monoisotopic (exact) mass is 264 g/mol. The molecule has 2 heterocycles. The molecule has 1 saturated heterocycles. The fourth-order valence-electron chi connectivity index (χ4n) is 2.30. The first-order chi connectivity index (χ1) is 9.15. The molecule has 0 unspecified atom stereocenters. The smallest absolute Gasteiger partial charge is 0.222 e. The zero-order valence-corrected chi connectivity index (χ0v) is 11.9. The summed E-state index contributed by atoms with van der Waals surface area (Å²) in [5.74, 6) is 2.08. The number of hydrogen-bond donors (Lipinski definition) is 1. The summed E-state index contributed by atoms with van der Waals surface area (Å²) in [6.45, 7) is 6.44. The van der Waals surface area contributed by atoms with Gasteiger partial charge < -0.3 is 14.6 Å². The second-order valence-electron chi connectivity index (χ2n) is 5.53. The number of hydrogen-bond acceptors (Lipinski definition) is 3. The molecule has 0 bridgehead atoms. The Hall–Kier alpha value is -1.29. The molecule has 1 N–H and O–H groups in total. The second kappa shape index (κ2) is 6.75. The highest BCUT2D eigenvalue weighted by molar-refractivity contribution is 5.76. The Morgan fingerprint density at radius 1 is 1.26 bits per heavy atom. The molecule has 1 aliphatic rings. The lowest BCUT2D eigenvalue weighted by molar-refractivity contribution is -0.131. The standard InChI is InChI=1S/C15H24N2O2/c1-12(2)16-10-13-7-8-14(19-13)11-17-9-5-3-4-6-15(17)18/h7-8,12,16H,3-6,9-11H2,1-2H3. The Morgan fingerprint density at radius 3 is 2.84 bits per heavy atom. The fraction of sp³-hybridized carbons (Fsp3) is 0.667. The average molecular weight is 264 g/mol. The molecule has 1 amide bonds. The predicted octanol–water partition coefficient (Wildman–Crippen LogP) is 2.68. The molecule has 0 radical (unpaired) electrons. The van der Waals surface area contributed by atoms with Crippen molar-refractivity contribution in [1.82, 2.24) is 10.2 Å². The van der Waals surface area contributed by atoms with Gasteiger partial charge in [0, 0.05) is 19.0 Å². The molecule has 0 atom stereocenters. The molecule has 1 aliphatic heterocycles. The van der Waals surface area contributed by atoms with Gasteiger partial charge in [-0.1, -0.05) is 20.3 Å². The molecule has 0 spiro atoms. The van der Waals surface area contributed by atoms with E-state index in [1.807, 2.05) is 17.0 Å². The van der Waals surface area contributed by atoms with Gasteiger partial charge in [-0.15, -0.1) is 0 Å². The van der Waals surface area contributed by atoms with Crippen LogP contribution in [0.2, 0.25) is 0 Å². The third kappa shape index (κ3) is 4.39. The minimum atomic E-state index is 0.260. The van der Waals surface area contributed by atoms with Gasteiger partial charge >= 0.3 is 0 Å². The molecule has 106 valence electrons. The van der Waals surface area contributed by atoms with Gasteiger partial charge in [0.25, 0.3) is 0 Å². The van der Waals surface area contributed by atoms with Crippen molar-refractivity contribution in [1.29, 1.82) is 0 Å². The minimum absolute atomic E-state index is 0.260. The highest BCUT2D eigenvalue weighted by atomic mass is 16.3. The van der Waals surface area contributed by atoms with Crippen molar-refractivity contribution >= 4 is 5.91 Å². The third-order valence-electron chi connectivity index (χ3n) is 3.42. The van der Waals surface area contributed by atoms with Gasteiger partial charge in [0.15, 0.2) is 0 Å². The van der Waals surface area contributed by atoms with Crippen LogP contribution in [0.25, 0.3) is 0 Å². The maximum Gasteiger partial charge on any atom is 0.222 e. The number of carbonyl (C=O) groups excluding carboxylic acids is 1. The van der Waals surface area contributed by atoms with E-state index in [0.717, 1.165) is 43.9 Å². The molecule has 1 aromatic heterocycles. The fourth-order valence-corrected chi connectivity index (χ4v) is 2.30. The van der Waals surface area contributed by atoms with Crippen LogP contribution in [-0.4, -0.2) is 23.4 Å². The molecule has 0 aromatic carbocycles. The number of rotatable bonds is 5. The summed E-state index contributed by atoms with van der Waals surface area (Å²) in [5.41, 5.74) is 0. The van der Waals surface area contributed by atoms with Crippen LogP contribution in [0.1, 0.15) is 51.1 Å². The van der Waals surface area contributed by atoms with Crippen LogP contribution >= 0.6 is 0 Å². The summed E-state index contributed by atoms with van der Waals surface area (Å²) >= 11 is 0. The largest absolute Gasteiger partial charge is 0.463 e. The van der Waals surface area contributed by atoms with Crippen LogP contribution in [0.3, 0.4) is 0 Å². The molecule has 2 rings (SSSR count). The Kier molecular flexibility index (Phi) is 5.02. The predicted molar refractivity (Wildman–Crippen MR) is 74.6 cm³/mol. The van der Waals surface area contributed by atoms with E-state index in [4.69, 9.17) is 4.42 Å². The molecule has 1 aromatic rings. The minimum Gasteiger partial charge on any atom is -0.463 e.